The molecule has 4 heteroatoms. The summed E-state index contributed by atoms with van der Waals surface area (Å²) in [5, 5.41) is 0. The van der Waals surface area contributed by atoms with Gasteiger partial charge in [-0.3, -0.25) is 0 Å². The molecule has 0 aromatic rings. The highest BCUT2D eigenvalue weighted by atomic mass is 16.5. The molecule has 0 unspecified atom stereocenters. The minimum Gasteiger partial charge on any atom is -0.463 e. The molecule has 0 aromatic heterocycles. The Balaban J connectivity index is 3.31. The largest absolute Gasteiger partial charge is 0.463 e. The van der Waals surface area contributed by atoms with E-state index in [-0.39, 0.29) is 0 Å². The summed E-state index contributed by atoms with van der Waals surface area (Å²) in [7, 11) is 0. The van der Waals surface area contributed by atoms with Gasteiger partial charge >= 0.3 is 11.9 Å². The maximum Gasteiger partial charge on any atom is 0.331 e. The second-order valence-electron chi connectivity index (χ2n) is 14.7. The van der Waals surface area contributed by atoms with Gasteiger partial charge in [-0.2, -0.15) is 0 Å². The normalized spacial score (nSPS) is 11.5. The number of carbonyl (C=O) groups excluding carboxylic acids is 2. The van der Waals surface area contributed by atoms with Crippen LogP contribution in [0.4, 0.5) is 0 Å². The van der Waals surface area contributed by atoms with Gasteiger partial charge in [-0.25, -0.2) is 9.59 Å². The zero-order chi connectivity index (χ0) is 34.9. The van der Waals surface area contributed by atoms with Crippen LogP contribution < -0.4 is 0 Å². The van der Waals surface area contributed by atoms with Gasteiger partial charge in [-0.05, 0) is 12.8 Å². The van der Waals surface area contributed by atoms with Gasteiger partial charge < -0.3 is 9.47 Å². The third-order valence-corrected chi connectivity index (χ3v) is 9.84. The maximum atomic E-state index is 11.9. The van der Waals surface area contributed by atoms with E-state index in [2.05, 4.69) is 13.8 Å². The fourth-order valence-corrected chi connectivity index (χ4v) is 6.59. The molecule has 48 heavy (non-hydrogen) atoms. The van der Waals surface area contributed by atoms with Crippen molar-refractivity contribution in [2.24, 2.45) is 0 Å². The van der Waals surface area contributed by atoms with Gasteiger partial charge in [0.15, 0.2) is 0 Å². The summed E-state index contributed by atoms with van der Waals surface area (Å²) >= 11 is 0. The van der Waals surface area contributed by atoms with Crippen LogP contribution in [0.3, 0.4) is 0 Å². The molecule has 0 aromatic carbocycles. The Hall–Kier alpha value is -1.32. The van der Waals surface area contributed by atoms with Gasteiger partial charge in [0.2, 0.25) is 0 Å². The molecule has 0 radical (unpaired) electrons. The van der Waals surface area contributed by atoms with Gasteiger partial charge in [0, 0.05) is 12.2 Å². The summed E-state index contributed by atoms with van der Waals surface area (Å²) < 4.78 is 10.5. The lowest BCUT2D eigenvalue weighted by molar-refractivity contribution is -0.140. The van der Waals surface area contributed by atoms with Crippen molar-refractivity contribution in [1.29, 1.82) is 0 Å². The Morgan fingerprint density at radius 3 is 0.646 bits per heavy atom. The molecular formula is C44H84O4. The average Bonchev–Trinajstić information content (AvgIpc) is 3.09. The first kappa shape index (κ1) is 46.7. The second-order valence-corrected chi connectivity index (χ2v) is 14.7. The summed E-state index contributed by atoms with van der Waals surface area (Å²) in [6.45, 7) is 5.42. The molecule has 0 aliphatic heterocycles. The minimum absolute atomic E-state index is 0.427. The molecule has 0 heterocycles. The van der Waals surface area contributed by atoms with Crippen LogP contribution in [0.1, 0.15) is 245 Å². The fourth-order valence-electron chi connectivity index (χ4n) is 6.59. The molecule has 0 N–H and O–H groups in total. The first-order chi connectivity index (χ1) is 23.7. The number of esters is 2. The number of unbranched alkanes of at least 4 members (excludes halogenated alkanes) is 34. The highest BCUT2D eigenvalue weighted by molar-refractivity contribution is 5.91. The smallest absolute Gasteiger partial charge is 0.331 e. The number of hydrogen-bond acceptors (Lipinski definition) is 4. The highest BCUT2D eigenvalue weighted by Crippen LogP contribution is 2.16. The quantitative estimate of drug-likeness (QED) is 0.0368. The van der Waals surface area contributed by atoms with Crippen LogP contribution in [-0.4, -0.2) is 25.2 Å². The molecule has 0 saturated heterocycles. The van der Waals surface area contributed by atoms with Crippen LogP contribution in [0.5, 0.6) is 0 Å². The highest BCUT2D eigenvalue weighted by Gasteiger charge is 2.02. The molecule has 4 nitrogen and oxygen atoms in total. The van der Waals surface area contributed by atoms with Crippen LogP contribution in [0.15, 0.2) is 12.2 Å². The van der Waals surface area contributed by atoms with E-state index in [1.54, 1.807) is 0 Å². The van der Waals surface area contributed by atoms with Crippen molar-refractivity contribution < 1.29 is 19.1 Å². The van der Waals surface area contributed by atoms with Crippen LogP contribution in [0.2, 0.25) is 0 Å². The first-order valence-electron chi connectivity index (χ1n) is 21.7. The Morgan fingerprint density at radius 1 is 0.292 bits per heavy atom. The molecule has 0 aliphatic carbocycles. The maximum absolute atomic E-state index is 11.9. The van der Waals surface area contributed by atoms with Crippen molar-refractivity contribution in [1.82, 2.24) is 0 Å². The number of rotatable bonds is 40. The molecule has 0 rings (SSSR count). The number of carbonyl (C=O) groups is 2. The number of ether oxygens (including phenoxy) is 2. The van der Waals surface area contributed by atoms with Crippen molar-refractivity contribution in [2.45, 2.75) is 245 Å². The van der Waals surface area contributed by atoms with Crippen molar-refractivity contribution in [3.63, 3.8) is 0 Å². The summed E-state index contributed by atoms with van der Waals surface area (Å²) in [5.74, 6) is -0.904. The Labute approximate surface area is 300 Å². The van der Waals surface area contributed by atoms with Gasteiger partial charge in [0.25, 0.3) is 0 Å². The van der Waals surface area contributed by atoms with E-state index >= 15 is 0 Å². The molecule has 0 fully saturated rings. The Kier molecular flexibility index (Phi) is 40.7. The standard InChI is InChI=1S/C44H84O4/c1-3-5-7-9-11-13-15-17-19-21-23-25-27-29-31-33-35-37-41-47-43(45)39-40-44(46)48-42-38-36-34-32-30-28-26-24-22-20-18-16-14-12-10-8-6-4-2/h39-40H,3-38,41-42H2,1-2H3/b40-39-. The molecule has 0 amide bonds. The molecule has 0 aliphatic rings. The molecule has 0 saturated carbocycles. The third-order valence-electron chi connectivity index (χ3n) is 9.84. The van der Waals surface area contributed by atoms with E-state index in [0.717, 1.165) is 25.7 Å². The summed E-state index contributed by atoms with van der Waals surface area (Å²) in [5.41, 5.74) is 0. The first-order valence-corrected chi connectivity index (χ1v) is 21.7. The van der Waals surface area contributed by atoms with Gasteiger partial charge in [-0.1, -0.05) is 232 Å². The van der Waals surface area contributed by atoms with E-state index in [1.165, 1.54) is 218 Å². The zero-order valence-electron chi connectivity index (χ0n) is 32.7. The average molecular weight is 677 g/mol. The van der Waals surface area contributed by atoms with Crippen LogP contribution >= 0.6 is 0 Å². The van der Waals surface area contributed by atoms with Crippen LogP contribution in [0, 0.1) is 0 Å². The fraction of sp³-hybridized carbons (Fsp3) is 0.909. The van der Waals surface area contributed by atoms with Crippen molar-refractivity contribution in [3.05, 3.63) is 12.2 Å². The summed E-state index contributed by atoms with van der Waals surface area (Å²) in [6, 6.07) is 0. The number of hydrogen-bond donors (Lipinski definition) is 0. The van der Waals surface area contributed by atoms with E-state index in [9.17, 15) is 9.59 Å². The molecular weight excluding hydrogens is 592 g/mol. The molecule has 0 atom stereocenters. The lowest BCUT2D eigenvalue weighted by Gasteiger charge is -2.05. The third kappa shape index (κ3) is 40.9. The topological polar surface area (TPSA) is 52.6 Å². The van der Waals surface area contributed by atoms with Gasteiger partial charge in [0.1, 0.15) is 0 Å². The zero-order valence-corrected chi connectivity index (χ0v) is 32.7. The van der Waals surface area contributed by atoms with Crippen molar-refractivity contribution in [2.75, 3.05) is 13.2 Å². The van der Waals surface area contributed by atoms with E-state index in [1.807, 2.05) is 0 Å². The monoisotopic (exact) mass is 677 g/mol. The van der Waals surface area contributed by atoms with Crippen molar-refractivity contribution >= 4 is 11.9 Å². The van der Waals surface area contributed by atoms with Gasteiger partial charge in [-0.15, -0.1) is 0 Å². The molecule has 284 valence electrons. The van der Waals surface area contributed by atoms with E-state index in [4.69, 9.17) is 9.47 Å². The summed E-state index contributed by atoms with van der Waals surface area (Å²) in [6.07, 6.45) is 50.6. The Morgan fingerprint density at radius 2 is 0.458 bits per heavy atom. The second kappa shape index (κ2) is 41.8. The van der Waals surface area contributed by atoms with Crippen LogP contribution in [0.25, 0.3) is 0 Å². The lowest BCUT2D eigenvalue weighted by atomic mass is 10.0. The van der Waals surface area contributed by atoms with Crippen molar-refractivity contribution in [3.8, 4) is 0 Å². The predicted molar refractivity (Wildman–Crippen MR) is 209 cm³/mol. The van der Waals surface area contributed by atoms with Crippen LogP contribution in [-0.2, 0) is 19.1 Å². The van der Waals surface area contributed by atoms with E-state index < -0.39 is 11.9 Å². The van der Waals surface area contributed by atoms with E-state index in [0.29, 0.717) is 13.2 Å². The van der Waals surface area contributed by atoms with Gasteiger partial charge in [0.05, 0.1) is 13.2 Å². The predicted octanol–water partition coefficient (Wildman–Crippen LogP) is 14.7. The lowest BCUT2D eigenvalue weighted by Crippen LogP contribution is -2.06. The minimum atomic E-state index is -0.452. The Bertz CT molecular complexity index is 617. The molecule has 0 spiro atoms. The SMILES string of the molecule is CCCCCCCCCCCCCCCCCCCCOC(=O)/C=C\C(=O)OCCCCCCCCCCCCCCCCCCCC. The summed E-state index contributed by atoms with van der Waals surface area (Å²) in [4.78, 5) is 23.7. The molecule has 0 bridgehead atoms.